The van der Waals surface area contributed by atoms with Gasteiger partial charge >= 0.3 is 0 Å². The van der Waals surface area contributed by atoms with Gasteiger partial charge in [0.1, 0.15) is 12.0 Å². The zero-order valence-electron chi connectivity index (χ0n) is 16.1. The number of rotatable bonds is 7. The normalized spacial score (nSPS) is 12.1. The number of hydrogen-bond donors (Lipinski definition) is 0. The van der Waals surface area contributed by atoms with E-state index < -0.39 is 16.6 Å². The second kappa shape index (κ2) is 7.68. The Labute approximate surface area is 153 Å². The molecular weight excluding hydrogens is 344 g/mol. The molecule has 2 rings (SSSR count). The van der Waals surface area contributed by atoms with Crippen molar-refractivity contribution in [2.75, 3.05) is 6.23 Å². The number of hydrogen-bond acceptors (Lipinski definition) is 3. The third-order valence-electron chi connectivity index (χ3n) is 3.65. The maximum atomic E-state index is 12.6. The molecule has 3 nitrogen and oxygen atoms in total. The van der Waals surface area contributed by atoms with Crippen molar-refractivity contribution in [3.05, 3.63) is 65.2 Å². The highest BCUT2D eigenvalue weighted by Crippen LogP contribution is 2.22. The maximum Gasteiger partial charge on any atom is 0.213 e. The van der Waals surface area contributed by atoms with Crippen LogP contribution in [0.15, 0.2) is 48.5 Å². The van der Waals surface area contributed by atoms with Gasteiger partial charge < -0.3 is 8.85 Å². The Kier molecular flexibility index (Phi) is 6.03. The van der Waals surface area contributed by atoms with Crippen molar-refractivity contribution in [3.63, 3.8) is 0 Å². The van der Waals surface area contributed by atoms with Crippen LogP contribution in [-0.2, 0) is 4.12 Å². The topological polar surface area (TPSA) is 35.5 Å². The molecule has 0 aliphatic carbocycles. The van der Waals surface area contributed by atoms with Gasteiger partial charge in [0.15, 0.2) is 14.1 Å². The van der Waals surface area contributed by atoms with E-state index in [1.807, 2.05) is 55.5 Å². The van der Waals surface area contributed by atoms with Crippen molar-refractivity contribution in [1.82, 2.24) is 0 Å². The Bertz CT molecular complexity index is 734. The minimum absolute atomic E-state index is 0.0430. The third-order valence-corrected chi connectivity index (χ3v) is 9.15. The van der Waals surface area contributed by atoms with Crippen LogP contribution in [0.2, 0.25) is 32.7 Å². The molecule has 0 aliphatic rings. The highest BCUT2D eigenvalue weighted by Gasteiger charge is 2.30. The number of carbonyl (C=O) groups is 1. The van der Waals surface area contributed by atoms with Gasteiger partial charge in [0.2, 0.25) is 8.32 Å². The van der Waals surface area contributed by atoms with Crippen LogP contribution in [0.4, 0.5) is 0 Å². The monoisotopic (exact) mass is 372 g/mol. The van der Waals surface area contributed by atoms with E-state index in [1.54, 1.807) is 0 Å². The zero-order valence-corrected chi connectivity index (χ0v) is 18.1. The molecule has 134 valence electrons. The number of ether oxygens (including phenoxy) is 1. The van der Waals surface area contributed by atoms with E-state index in [4.69, 9.17) is 8.85 Å². The Morgan fingerprint density at radius 2 is 1.60 bits per heavy atom. The SMILES string of the molecule is Cc1cc(OC[Si](C)(C)O[Si](C)(C)C)ccc1C(=O)c1ccccc1. The van der Waals surface area contributed by atoms with Gasteiger partial charge in [0.25, 0.3) is 0 Å². The van der Waals surface area contributed by atoms with Crippen molar-refractivity contribution in [1.29, 1.82) is 0 Å². The largest absolute Gasteiger partial charge is 0.494 e. The second-order valence-electron chi connectivity index (χ2n) is 7.93. The molecule has 0 fully saturated rings. The number of aryl methyl sites for hydroxylation is 1. The first-order chi connectivity index (χ1) is 11.6. The summed E-state index contributed by atoms with van der Waals surface area (Å²) in [7, 11) is -3.42. The Morgan fingerprint density at radius 1 is 0.960 bits per heavy atom. The molecule has 0 aliphatic heterocycles. The average Bonchev–Trinajstić information content (AvgIpc) is 2.51. The zero-order chi connectivity index (χ0) is 18.7. The van der Waals surface area contributed by atoms with E-state index in [-0.39, 0.29) is 5.78 Å². The molecular formula is C20H28O3Si2. The summed E-state index contributed by atoms with van der Waals surface area (Å²) in [5, 5.41) is 0. The first-order valence-electron chi connectivity index (χ1n) is 8.61. The van der Waals surface area contributed by atoms with Crippen LogP contribution in [0, 0.1) is 6.92 Å². The minimum Gasteiger partial charge on any atom is -0.494 e. The second-order valence-corrected chi connectivity index (χ2v) is 16.8. The van der Waals surface area contributed by atoms with Crippen molar-refractivity contribution in [3.8, 4) is 5.75 Å². The molecule has 0 heterocycles. The van der Waals surface area contributed by atoms with Crippen LogP contribution >= 0.6 is 0 Å². The number of benzene rings is 2. The molecule has 0 N–H and O–H groups in total. The predicted octanol–water partition coefficient (Wildman–Crippen LogP) is 5.20. The quantitative estimate of drug-likeness (QED) is 0.495. The predicted molar refractivity (Wildman–Crippen MR) is 108 cm³/mol. The molecule has 2 aromatic rings. The van der Waals surface area contributed by atoms with Gasteiger partial charge in [-0.3, -0.25) is 4.79 Å². The lowest BCUT2D eigenvalue weighted by Gasteiger charge is -2.31. The summed E-state index contributed by atoms with van der Waals surface area (Å²) in [5.74, 6) is 0.836. The van der Waals surface area contributed by atoms with Crippen LogP contribution in [0.3, 0.4) is 0 Å². The fraction of sp³-hybridized carbons (Fsp3) is 0.350. The lowest BCUT2D eigenvalue weighted by molar-refractivity contribution is 0.103. The van der Waals surface area contributed by atoms with Gasteiger partial charge in [-0.05, 0) is 63.4 Å². The molecule has 0 unspecified atom stereocenters. The summed E-state index contributed by atoms with van der Waals surface area (Å²) < 4.78 is 12.3. The highest BCUT2D eigenvalue weighted by atomic mass is 28.4. The summed E-state index contributed by atoms with van der Waals surface area (Å²) in [6.07, 6.45) is 0.614. The van der Waals surface area contributed by atoms with E-state index >= 15 is 0 Å². The van der Waals surface area contributed by atoms with Crippen LogP contribution < -0.4 is 4.74 Å². The van der Waals surface area contributed by atoms with Gasteiger partial charge in [-0.1, -0.05) is 30.3 Å². The van der Waals surface area contributed by atoms with Crippen molar-refractivity contribution < 1.29 is 13.6 Å². The molecule has 0 radical (unpaired) electrons. The lowest BCUT2D eigenvalue weighted by atomic mass is 9.99. The molecule has 0 aromatic heterocycles. The van der Waals surface area contributed by atoms with Crippen molar-refractivity contribution >= 4 is 22.4 Å². The molecule has 0 saturated carbocycles. The van der Waals surface area contributed by atoms with Crippen molar-refractivity contribution in [2.45, 2.75) is 39.7 Å². The van der Waals surface area contributed by atoms with Crippen LogP contribution in [0.5, 0.6) is 5.75 Å². The van der Waals surface area contributed by atoms with E-state index in [1.165, 1.54) is 0 Å². The standard InChI is InChI=1S/C20H28O3Si2/c1-16-14-18(22-15-25(5,6)23-24(2,3)4)12-13-19(16)20(21)17-10-8-7-9-11-17/h7-14H,15H2,1-6H3. The molecule has 2 aromatic carbocycles. The maximum absolute atomic E-state index is 12.6. The van der Waals surface area contributed by atoms with Crippen LogP contribution in [-0.4, -0.2) is 28.6 Å². The Hall–Kier alpha value is -1.70. The summed E-state index contributed by atoms with van der Waals surface area (Å²) in [6, 6.07) is 15.0. The van der Waals surface area contributed by atoms with Gasteiger partial charge in [-0.25, -0.2) is 0 Å². The molecule has 0 saturated heterocycles. The van der Waals surface area contributed by atoms with Gasteiger partial charge in [-0.15, -0.1) is 0 Å². The lowest BCUT2D eigenvalue weighted by Crippen LogP contribution is -2.46. The van der Waals surface area contributed by atoms with E-state index in [9.17, 15) is 4.79 Å². The molecule has 0 amide bonds. The summed E-state index contributed by atoms with van der Waals surface area (Å²) in [5.41, 5.74) is 2.35. The Balaban J connectivity index is 2.08. The first kappa shape index (κ1) is 19.6. The van der Waals surface area contributed by atoms with Gasteiger partial charge in [-0.2, -0.15) is 0 Å². The van der Waals surface area contributed by atoms with Crippen LogP contribution in [0.1, 0.15) is 21.5 Å². The summed E-state index contributed by atoms with van der Waals surface area (Å²) >= 11 is 0. The third kappa shape index (κ3) is 5.95. The van der Waals surface area contributed by atoms with E-state index in [0.717, 1.165) is 11.3 Å². The highest BCUT2D eigenvalue weighted by molar-refractivity contribution is 6.84. The average molecular weight is 373 g/mol. The fourth-order valence-corrected chi connectivity index (χ4v) is 10.2. The minimum atomic E-state index is -1.85. The van der Waals surface area contributed by atoms with E-state index in [2.05, 4.69) is 32.7 Å². The molecule has 0 atom stereocenters. The summed E-state index contributed by atoms with van der Waals surface area (Å²) in [6.45, 7) is 12.9. The van der Waals surface area contributed by atoms with Crippen molar-refractivity contribution in [2.24, 2.45) is 0 Å². The fourth-order valence-electron chi connectivity index (χ4n) is 2.84. The summed E-state index contributed by atoms with van der Waals surface area (Å²) in [4.78, 5) is 12.6. The Morgan fingerprint density at radius 3 is 2.16 bits per heavy atom. The molecule has 0 spiro atoms. The van der Waals surface area contributed by atoms with Crippen LogP contribution in [0.25, 0.3) is 0 Å². The van der Waals surface area contributed by atoms with Gasteiger partial charge in [0, 0.05) is 11.1 Å². The molecule has 0 bridgehead atoms. The first-order valence-corrected chi connectivity index (χ1v) is 15.1. The number of ketones is 1. The number of carbonyl (C=O) groups excluding carboxylic acids is 1. The molecule has 5 heteroatoms. The smallest absolute Gasteiger partial charge is 0.213 e. The molecule has 25 heavy (non-hydrogen) atoms. The van der Waals surface area contributed by atoms with E-state index in [0.29, 0.717) is 17.4 Å². The van der Waals surface area contributed by atoms with Gasteiger partial charge in [0.05, 0.1) is 0 Å².